The molecule has 0 saturated heterocycles. The molecular weight excluding hydrogens is 502 g/mol. The number of ether oxygens (including phenoxy) is 1. The van der Waals surface area contributed by atoms with Crippen LogP contribution in [0.5, 0.6) is 0 Å². The Morgan fingerprint density at radius 3 is 2.41 bits per heavy atom. The number of hydrogen-bond donors (Lipinski definition) is 2. The number of methoxy groups -OCH3 is 1. The second kappa shape index (κ2) is 10.6. The maximum absolute atomic E-state index is 13.6. The molecule has 0 radical (unpaired) electrons. The zero-order valence-corrected chi connectivity index (χ0v) is 20.8. The predicted molar refractivity (Wildman–Crippen MR) is 138 cm³/mol. The highest BCUT2D eigenvalue weighted by Gasteiger charge is 2.28. The number of nitrogens with one attached hydrogen (secondary N) is 2. The molecule has 13 heteroatoms. The van der Waals surface area contributed by atoms with Crippen LogP contribution in [0.4, 0.5) is 17.3 Å². The van der Waals surface area contributed by atoms with Gasteiger partial charge in [0.25, 0.3) is 5.56 Å². The van der Waals surface area contributed by atoms with Gasteiger partial charge in [0, 0.05) is 0 Å². The van der Waals surface area contributed by atoms with Gasteiger partial charge in [0.15, 0.2) is 0 Å². The lowest BCUT2D eigenvalue weighted by molar-refractivity contribution is -0.383. The molecule has 37 heavy (non-hydrogen) atoms. The van der Waals surface area contributed by atoms with E-state index in [1.807, 2.05) is 6.07 Å². The van der Waals surface area contributed by atoms with Gasteiger partial charge in [-0.3, -0.25) is 19.5 Å². The highest BCUT2D eigenvalue weighted by Crippen LogP contribution is 2.32. The molecule has 190 valence electrons. The summed E-state index contributed by atoms with van der Waals surface area (Å²) in [7, 11) is 1.21. The topological polar surface area (TPSA) is 154 Å². The van der Waals surface area contributed by atoms with Crippen LogP contribution in [0, 0.1) is 10.1 Å². The number of rotatable bonds is 8. The number of esters is 1. The van der Waals surface area contributed by atoms with E-state index in [9.17, 15) is 19.7 Å². The number of nitrogens with zero attached hydrogens (tertiary/aromatic N) is 5. The van der Waals surface area contributed by atoms with Crippen LogP contribution in [0.2, 0.25) is 5.02 Å². The molecule has 4 rings (SSSR count). The van der Waals surface area contributed by atoms with E-state index in [4.69, 9.17) is 11.6 Å². The maximum Gasteiger partial charge on any atom is 0.353 e. The van der Waals surface area contributed by atoms with Crippen molar-refractivity contribution in [3.8, 4) is 5.69 Å². The highest BCUT2D eigenvalue weighted by molar-refractivity contribution is 6.35. The number of halogens is 1. The van der Waals surface area contributed by atoms with Crippen molar-refractivity contribution >= 4 is 45.8 Å². The van der Waals surface area contributed by atoms with Crippen molar-refractivity contribution < 1.29 is 14.5 Å². The summed E-state index contributed by atoms with van der Waals surface area (Å²) >= 11 is 6.33. The lowest BCUT2D eigenvalue weighted by Crippen LogP contribution is -2.29. The van der Waals surface area contributed by atoms with E-state index in [0.29, 0.717) is 11.2 Å². The Morgan fingerprint density at radius 1 is 1.08 bits per heavy atom. The van der Waals surface area contributed by atoms with E-state index in [2.05, 4.69) is 30.3 Å². The Morgan fingerprint density at radius 2 is 1.76 bits per heavy atom. The minimum Gasteiger partial charge on any atom is -0.467 e. The molecule has 2 atom stereocenters. The summed E-state index contributed by atoms with van der Waals surface area (Å²) in [6.45, 7) is 3.17. The zero-order valence-electron chi connectivity index (χ0n) is 20.0. The van der Waals surface area contributed by atoms with E-state index in [1.54, 1.807) is 49.4 Å². The molecule has 2 N–H and O–H groups in total. The van der Waals surface area contributed by atoms with Crippen LogP contribution in [-0.4, -0.2) is 43.6 Å². The van der Waals surface area contributed by atoms with Gasteiger partial charge in [-0.05, 0) is 38.1 Å². The van der Waals surface area contributed by atoms with Crippen molar-refractivity contribution in [1.82, 2.24) is 19.5 Å². The Kier molecular flexibility index (Phi) is 7.30. The van der Waals surface area contributed by atoms with Gasteiger partial charge in [0.2, 0.25) is 11.6 Å². The summed E-state index contributed by atoms with van der Waals surface area (Å²) in [6, 6.07) is 12.2. The zero-order chi connectivity index (χ0) is 26.7. The van der Waals surface area contributed by atoms with E-state index >= 15 is 0 Å². The summed E-state index contributed by atoms with van der Waals surface area (Å²) in [6.07, 6.45) is 1.12. The Bertz CT molecular complexity index is 1540. The van der Waals surface area contributed by atoms with Gasteiger partial charge in [-0.1, -0.05) is 35.9 Å². The normalized spacial score (nSPS) is 12.5. The van der Waals surface area contributed by atoms with Gasteiger partial charge < -0.3 is 15.4 Å². The third-order valence-electron chi connectivity index (χ3n) is 5.54. The third kappa shape index (κ3) is 5.05. The molecular formula is C24H22ClN7O5. The Hall–Kier alpha value is -4.58. The molecule has 4 aromatic rings. The molecule has 2 aromatic carbocycles. The first-order valence-corrected chi connectivity index (χ1v) is 11.5. The van der Waals surface area contributed by atoms with E-state index in [-0.39, 0.29) is 27.9 Å². The highest BCUT2D eigenvalue weighted by atomic mass is 35.5. The second-order valence-corrected chi connectivity index (χ2v) is 8.42. The molecule has 12 nitrogen and oxygen atoms in total. The minimum absolute atomic E-state index is 0.132. The SMILES string of the molecule is COC(=O)C(C)Nc1ncnc(N[C@@H](C)c2nc3cccc(Cl)c3c(=O)n2-c2ccccc2)c1[N+](=O)[O-]. The predicted octanol–water partition coefficient (Wildman–Crippen LogP) is 3.88. The molecule has 2 heterocycles. The maximum atomic E-state index is 13.6. The first-order chi connectivity index (χ1) is 17.7. The van der Waals surface area contributed by atoms with Crippen molar-refractivity contribution in [1.29, 1.82) is 0 Å². The number of nitro groups is 1. The van der Waals surface area contributed by atoms with Crippen molar-refractivity contribution in [2.75, 3.05) is 17.7 Å². The molecule has 2 aromatic heterocycles. The fourth-order valence-corrected chi connectivity index (χ4v) is 4.05. The smallest absolute Gasteiger partial charge is 0.353 e. The van der Waals surface area contributed by atoms with Gasteiger partial charge in [0.1, 0.15) is 18.2 Å². The molecule has 0 spiro atoms. The van der Waals surface area contributed by atoms with Crippen molar-refractivity contribution in [2.45, 2.75) is 25.9 Å². The number of carbonyl (C=O) groups excluding carboxylic acids is 1. The van der Waals surface area contributed by atoms with Gasteiger partial charge in [0.05, 0.1) is 39.7 Å². The summed E-state index contributed by atoms with van der Waals surface area (Å²) in [5.41, 5.74) is 0.0381. The molecule has 0 amide bonds. The molecule has 0 bridgehead atoms. The van der Waals surface area contributed by atoms with Crippen LogP contribution in [0.1, 0.15) is 25.7 Å². The Balaban J connectivity index is 1.83. The third-order valence-corrected chi connectivity index (χ3v) is 5.86. The van der Waals surface area contributed by atoms with Crippen LogP contribution >= 0.6 is 11.6 Å². The van der Waals surface area contributed by atoms with Crippen molar-refractivity contribution in [2.24, 2.45) is 0 Å². The summed E-state index contributed by atoms with van der Waals surface area (Å²) in [5, 5.41) is 18.1. The summed E-state index contributed by atoms with van der Waals surface area (Å²) in [4.78, 5) is 49.4. The number of anilines is 2. The number of hydrogen-bond acceptors (Lipinski definition) is 10. The van der Waals surface area contributed by atoms with Crippen LogP contribution in [0.3, 0.4) is 0 Å². The van der Waals surface area contributed by atoms with Crippen LogP contribution in [-0.2, 0) is 9.53 Å². The van der Waals surface area contributed by atoms with Gasteiger partial charge in [-0.15, -0.1) is 0 Å². The minimum atomic E-state index is -0.904. The van der Waals surface area contributed by atoms with Crippen LogP contribution < -0.4 is 16.2 Å². The van der Waals surface area contributed by atoms with Gasteiger partial charge in [-0.2, -0.15) is 0 Å². The second-order valence-electron chi connectivity index (χ2n) is 8.01. The van der Waals surface area contributed by atoms with Crippen LogP contribution in [0.25, 0.3) is 16.6 Å². The molecule has 0 aliphatic heterocycles. The molecule has 0 fully saturated rings. The number of aromatic nitrogens is 4. The first-order valence-electron chi connectivity index (χ1n) is 11.1. The van der Waals surface area contributed by atoms with E-state index in [0.717, 1.165) is 6.33 Å². The lowest BCUT2D eigenvalue weighted by atomic mass is 10.2. The van der Waals surface area contributed by atoms with Gasteiger partial charge >= 0.3 is 11.7 Å². The lowest BCUT2D eigenvalue weighted by Gasteiger charge is -2.20. The van der Waals surface area contributed by atoms with Gasteiger partial charge in [-0.25, -0.2) is 19.7 Å². The Labute approximate surface area is 215 Å². The molecule has 0 aliphatic rings. The summed E-state index contributed by atoms with van der Waals surface area (Å²) < 4.78 is 6.07. The fraction of sp³-hybridized carbons (Fsp3) is 0.208. The molecule has 1 unspecified atom stereocenters. The number of para-hydroxylation sites is 1. The van der Waals surface area contributed by atoms with Crippen molar-refractivity contribution in [3.63, 3.8) is 0 Å². The molecule has 0 aliphatic carbocycles. The number of fused-ring (bicyclic) bond motifs is 1. The van der Waals surface area contributed by atoms with E-state index < -0.39 is 34.2 Å². The summed E-state index contributed by atoms with van der Waals surface area (Å²) in [5.74, 6) is -0.656. The van der Waals surface area contributed by atoms with E-state index in [1.165, 1.54) is 18.6 Å². The standard InChI is InChI=1S/C24H22ClN7O5/c1-13(28-20-19(32(35)36)21(27-12-26-20)29-14(2)24(34)37-3)22-30-17-11-7-10-16(25)18(17)23(33)31(22)15-8-5-4-6-9-15/h4-14H,1-3H3,(H2,26,27,28,29)/t13-,14?/m0/s1. The molecule has 0 saturated carbocycles. The largest absolute Gasteiger partial charge is 0.467 e. The number of benzene rings is 2. The van der Waals surface area contributed by atoms with Crippen molar-refractivity contribution in [3.05, 3.63) is 86.2 Å². The average molecular weight is 524 g/mol. The quantitative estimate of drug-likeness (QED) is 0.197. The average Bonchev–Trinajstić information content (AvgIpc) is 2.88. The first kappa shape index (κ1) is 25.5. The number of carbonyl (C=O) groups is 1. The fourth-order valence-electron chi connectivity index (χ4n) is 3.80. The monoisotopic (exact) mass is 523 g/mol. The van der Waals surface area contributed by atoms with Crippen LogP contribution in [0.15, 0.2) is 59.7 Å².